The Morgan fingerprint density at radius 1 is 1.43 bits per heavy atom. The molecule has 1 aliphatic heterocycles. The van der Waals surface area contributed by atoms with Gasteiger partial charge in [0.15, 0.2) is 0 Å². The van der Waals surface area contributed by atoms with Gasteiger partial charge in [-0.15, -0.1) is 0 Å². The minimum atomic E-state index is -3.89. The molecule has 0 aromatic heterocycles. The fourth-order valence-electron chi connectivity index (χ4n) is 2.35. The SMILES string of the molecule is CC1CCCN(C(=O)Nc2ccc(S(=O)(=O)Cl)c(Cl)c2)C1. The molecule has 0 radical (unpaired) electrons. The van der Waals surface area contributed by atoms with Crippen molar-refractivity contribution in [1.29, 1.82) is 0 Å². The summed E-state index contributed by atoms with van der Waals surface area (Å²) in [7, 11) is 1.36. The summed E-state index contributed by atoms with van der Waals surface area (Å²) in [5.74, 6) is 0.483. The molecule has 2 amide bonds. The van der Waals surface area contributed by atoms with Crippen LogP contribution in [0.5, 0.6) is 0 Å². The Hall–Kier alpha value is -0.980. The molecule has 116 valence electrons. The van der Waals surface area contributed by atoms with E-state index in [1.54, 1.807) is 4.90 Å². The minimum Gasteiger partial charge on any atom is -0.324 e. The smallest absolute Gasteiger partial charge is 0.321 e. The maximum Gasteiger partial charge on any atom is 0.321 e. The van der Waals surface area contributed by atoms with Gasteiger partial charge in [0.05, 0.1) is 5.02 Å². The van der Waals surface area contributed by atoms with E-state index in [4.69, 9.17) is 22.3 Å². The maximum atomic E-state index is 12.1. The molecule has 1 atom stereocenters. The maximum absolute atomic E-state index is 12.1. The molecule has 0 spiro atoms. The third-order valence-electron chi connectivity index (χ3n) is 3.39. The Kier molecular flexibility index (Phi) is 5.01. The van der Waals surface area contributed by atoms with E-state index in [1.807, 2.05) is 0 Å². The molecule has 0 bridgehead atoms. The summed E-state index contributed by atoms with van der Waals surface area (Å²) in [6.07, 6.45) is 2.11. The van der Waals surface area contributed by atoms with Gasteiger partial charge in [0.25, 0.3) is 9.05 Å². The first-order chi connectivity index (χ1) is 9.77. The average Bonchev–Trinajstić information content (AvgIpc) is 2.37. The Bertz CT molecular complexity index is 649. The van der Waals surface area contributed by atoms with E-state index in [9.17, 15) is 13.2 Å². The first-order valence-electron chi connectivity index (χ1n) is 6.57. The van der Waals surface area contributed by atoms with Crippen LogP contribution >= 0.6 is 22.3 Å². The van der Waals surface area contributed by atoms with Gasteiger partial charge in [-0.05, 0) is 37.0 Å². The molecule has 21 heavy (non-hydrogen) atoms. The number of benzene rings is 1. The molecule has 1 unspecified atom stereocenters. The number of halogens is 2. The lowest BCUT2D eigenvalue weighted by Gasteiger charge is -2.30. The fourth-order valence-corrected chi connectivity index (χ4v) is 3.88. The van der Waals surface area contributed by atoms with Crippen molar-refractivity contribution >= 4 is 43.1 Å². The van der Waals surface area contributed by atoms with E-state index in [0.29, 0.717) is 18.2 Å². The van der Waals surface area contributed by atoms with Crippen molar-refractivity contribution < 1.29 is 13.2 Å². The van der Waals surface area contributed by atoms with Gasteiger partial charge in [0.2, 0.25) is 0 Å². The number of urea groups is 1. The lowest BCUT2D eigenvalue weighted by atomic mass is 10.0. The van der Waals surface area contributed by atoms with Crippen molar-refractivity contribution in [2.75, 3.05) is 18.4 Å². The molecule has 1 saturated heterocycles. The molecule has 1 fully saturated rings. The van der Waals surface area contributed by atoms with Crippen molar-refractivity contribution in [2.45, 2.75) is 24.7 Å². The zero-order chi connectivity index (χ0) is 15.6. The number of carbonyl (C=O) groups is 1. The second-order valence-corrected chi connectivity index (χ2v) is 8.15. The third-order valence-corrected chi connectivity index (χ3v) is 5.19. The molecule has 1 aromatic rings. The lowest BCUT2D eigenvalue weighted by Crippen LogP contribution is -2.41. The molecule has 5 nitrogen and oxygen atoms in total. The topological polar surface area (TPSA) is 66.5 Å². The van der Waals surface area contributed by atoms with Gasteiger partial charge in [-0.1, -0.05) is 18.5 Å². The highest BCUT2D eigenvalue weighted by atomic mass is 35.7. The van der Waals surface area contributed by atoms with E-state index in [1.165, 1.54) is 18.2 Å². The normalized spacial score (nSPS) is 19.4. The quantitative estimate of drug-likeness (QED) is 0.829. The van der Waals surface area contributed by atoms with E-state index >= 15 is 0 Å². The number of hydrogen-bond donors (Lipinski definition) is 1. The van der Waals surface area contributed by atoms with Crippen molar-refractivity contribution in [3.05, 3.63) is 23.2 Å². The molecular formula is C13H16Cl2N2O3S. The van der Waals surface area contributed by atoms with Gasteiger partial charge in [-0.3, -0.25) is 0 Å². The van der Waals surface area contributed by atoms with E-state index in [-0.39, 0.29) is 15.9 Å². The van der Waals surface area contributed by atoms with Crippen LogP contribution < -0.4 is 5.32 Å². The van der Waals surface area contributed by atoms with Gasteiger partial charge in [-0.2, -0.15) is 0 Å². The van der Waals surface area contributed by atoms with Crippen LogP contribution in [0, 0.1) is 5.92 Å². The zero-order valence-corrected chi connectivity index (χ0v) is 13.8. The number of rotatable bonds is 2. The van der Waals surface area contributed by atoms with Gasteiger partial charge < -0.3 is 10.2 Å². The number of nitrogens with one attached hydrogen (secondary N) is 1. The largest absolute Gasteiger partial charge is 0.324 e. The van der Waals surface area contributed by atoms with Crippen molar-refractivity contribution in [2.24, 2.45) is 5.92 Å². The summed E-state index contributed by atoms with van der Waals surface area (Å²) in [5, 5.41) is 2.70. The molecule has 1 aliphatic rings. The molecular weight excluding hydrogens is 335 g/mol. The Balaban J connectivity index is 2.10. The number of likely N-dealkylation sites (tertiary alicyclic amines) is 1. The average molecular weight is 351 g/mol. The van der Waals surface area contributed by atoms with Crippen LogP contribution in [0.25, 0.3) is 0 Å². The van der Waals surface area contributed by atoms with E-state index in [0.717, 1.165) is 19.4 Å². The predicted molar refractivity (Wildman–Crippen MR) is 83.5 cm³/mol. The zero-order valence-electron chi connectivity index (χ0n) is 11.5. The standard InChI is InChI=1S/C13H16Cl2N2O3S/c1-9-3-2-6-17(8-9)13(18)16-10-4-5-12(11(14)7-10)21(15,19)20/h4-5,7,9H,2-3,6,8H2,1H3,(H,16,18). The summed E-state index contributed by atoms with van der Waals surface area (Å²) < 4.78 is 22.5. The number of anilines is 1. The highest BCUT2D eigenvalue weighted by Crippen LogP contribution is 2.28. The first kappa shape index (κ1) is 16.4. The van der Waals surface area contributed by atoms with Crippen LogP contribution in [-0.4, -0.2) is 32.4 Å². The van der Waals surface area contributed by atoms with Crippen molar-refractivity contribution in [3.8, 4) is 0 Å². The predicted octanol–water partition coefficient (Wildman–Crippen LogP) is 3.53. The van der Waals surface area contributed by atoms with Crippen LogP contribution in [-0.2, 0) is 9.05 Å². The van der Waals surface area contributed by atoms with Crippen LogP contribution in [0.1, 0.15) is 19.8 Å². The minimum absolute atomic E-state index is 0.0187. The Labute approximate surface area is 133 Å². The lowest BCUT2D eigenvalue weighted by molar-refractivity contribution is 0.182. The Morgan fingerprint density at radius 3 is 2.71 bits per heavy atom. The molecule has 2 rings (SSSR count). The number of carbonyl (C=O) groups excluding carboxylic acids is 1. The number of hydrogen-bond acceptors (Lipinski definition) is 3. The second-order valence-electron chi connectivity index (χ2n) is 5.21. The van der Waals surface area contributed by atoms with Gasteiger partial charge in [-0.25, -0.2) is 13.2 Å². The molecule has 1 heterocycles. The second kappa shape index (κ2) is 6.42. The van der Waals surface area contributed by atoms with Gasteiger partial charge >= 0.3 is 6.03 Å². The summed E-state index contributed by atoms with van der Waals surface area (Å²) >= 11 is 5.88. The van der Waals surface area contributed by atoms with Gasteiger partial charge in [0, 0.05) is 29.5 Å². The van der Waals surface area contributed by atoms with E-state index < -0.39 is 9.05 Å². The summed E-state index contributed by atoms with van der Waals surface area (Å²) in [4.78, 5) is 13.7. The highest BCUT2D eigenvalue weighted by molar-refractivity contribution is 8.13. The first-order valence-corrected chi connectivity index (χ1v) is 9.26. The fraction of sp³-hybridized carbons (Fsp3) is 0.462. The van der Waals surface area contributed by atoms with Gasteiger partial charge in [0.1, 0.15) is 4.90 Å². The number of piperidine rings is 1. The molecule has 0 saturated carbocycles. The molecule has 0 aliphatic carbocycles. The van der Waals surface area contributed by atoms with Crippen LogP contribution in [0.3, 0.4) is 0 Å². The molecule has 1 N–H and O–H groups in total. The Morgan fingerprint density at radius 2 is 2.14 bits per heavy atom. The van der Waals surface area contributed by atoms with Crippen molar-refractivity contribution in [1.82, 2.24) is 4.90 Å². The van der Waals surface area contributed by atoms with Crippen LogP contribution in [0.2, 0.25) is 5.02 Å². The monoisotopic (exact) mass is 350 g/mol. The number of nitrogens with zero attached hydrogens (tertiary/aromatic N) is 1. The van der Waals surface area contributed by atoms with Crippen LogP contribution in [0.4, 0.5) is 10.5 Å². The number of amides is 2. The molecule has 8 heteroatoms. The summed E-state index contributed by atoms with van der Waals surface area (Å²) in [6, 6.07) is 3.91. The van der Waals surface area contributed by atoms with Crippen LogP contribution in [0.15, 0.2) is 23.1 Å². The third kappa shape index (κ3) is 4.25. The van der Waals surface area contributed by atoms with E-state index in [2.05, 4.69) is 12.2 Å². The summed E-state index contributed by atoms with van der Waals surface area (Å²) in [6.45, 7) is 3.54. The summed E-state index contributed by atoms with van der Waals surface area (Å²) in [5.41, 5.74) is 0.437. The van der Waals surface area contributed by atoms with Crippen molar-refractivity contribution in [3.63, 3.8) is 0 Å². The highest BCUT2D eigenvalue weighted by Gasteiger charge is 2.21. The molecule has 1 aromatic carbocycles.